The van der Waals surface area contributed by atoms with E-state index in [1.165, 1.54) is 48.0 Å². The number of fused-ring (bicyclic) bond motifs is 5. The fourth-order valence-corrected chi connectivity index (χ4v) is 8.75. The van der Waals surface area contributed by atoms with Gasteiger partial charge in [0.1, 0.15) is 0 Å². The first-order valence-corrected chi connectivity index (χ1v) is 15.4. The van der Waals surface area contributed by atoms with Crippen molar-refractivity contribution in [2.24, 2.45) is 17.8 Å². The summed E-state index contributed by atoms with van der Waals surface area (Å²) in [6.45, 7) is 2.38. The predicted molar refractivity (Wildman–Crippen MR) is 173 cm³/mol. The molecule has 4 atom stereocenters. The van der Waals surface area contributed by atoms with Crippen LogP contribution in [0.2, 0.25) is 0 Å². The minimum absolute atomic E-state index is 0.322. The molecule has 3 aliphatic carbocycles. The number of hydrogen-bond donors (Lipinski definition) is 0. The summed E-state index contributed by atoms with van der Waals surface area (Å²) in [4.78, 5) is 0. The lowest BCUT2D eigenvalue weighted by molar-refractivity contribution is 0.563. The van der Waals surface area contributed by atoms with Crippen molar-refractivity contribution < 1.29 is 0 Å². The third kappa shape index (κ3) is 3.72. The molecule has 4 aromatic carbocycles. The van der Waals surface area contributed by atoms with Gasteiger partial charge in [0, 0.05) is 37.9 Å². The first-order valence-electron chi connectivity index (χ1n) is 14.6. The van der Waals surface area contributed by atoms with Gasteiger partial charge in [-0.1, -0.05) is 128 Å². The Kier molecular flexibility index (Phi) is 5.74. The molecule has 5 aromatic rings. The van der Waals surface area contributed by atoms with E-state index in [0.717, 1.165) is 12.8 Å². The molecule has 40 heavy (non-hydrogen) atoms. The summed E-state index contributed by atoms with van der Waals surface area (Å²) in [5.41, 5.74) is 10.5. The highest BCUT2D eigenvalue weighted by Crippen LogP contribution is 2.55. The molecule has 0 fully saturated rings. The normalized spacial score (nSPS) is 23.8. The molecule has 8 rings (SSSR count). The van der Waals surface area contributed by atoms with Gasteiger partial charge in [0.25, 0.3) is 0 Å². The maximum Gasteiger partial charge on any atom is 0.0361 e. The second-order valence-corrected chi connectivity index (χ2v) is 12.6. The molecule has 1 heterocycles. The Labute approximate surface area is 240 Å². The molecule has 1 heteroatoms. The largest absolute Gasteiger partial charge is 0.135 e. The molecule has 0 spiro atoms. The van der Waals surface area contributed by atoms with Crippen molar-refractivity contribution in [3.05, 3.63) is 155 Å². The van der Waals surface area contributed by atoms with Gasteiger partial charge in [-0.15, -0.1) is 11.3 Å². The monoisotopic (exact) mass is 532 g/mol. The second kappa shape index (κ2) is 9.61. The zero-order valence-corrected chi connectivity index (χ0v) is 23.6. The molecule has 3 aliphatic rings. The maximum atomic E-state index is 2.67. The van der Waals surface area contributed by atoms with Crippen LogP contribution < -0.4 is 0 Å². The summed E-state index contributed by atoms with van der Waals surface area (Å²) >= 11 is 1.92. The van der Waals surface area contributed by atoms with Crippen molar-refractivity contribution in [1.29, 1.82) is 0 Å². The number of rotatable bonds is 3. The molecular formula is C39H32S. The lowest BCUT2D eigenvalue weighted by Gasteiger charge is -2.42. The molecular weight excluding hydrogens is 500 g/mol. The Morgan fingerprint density at radius 3 is 2.30 bits per heavy atom. The van der Waals surface area contributed by atoms with Crippen LogP contribution in [0.3, 0.4) is 0 Å². The van der Waals surface area contributed by atoms with Gasteiger partial charge in [0.05, 0.1) is 0 Å². The van der Waals surface area contributed by atoms with Crippen LogP contribution >= 0.6 is 11.3 Å². The van der Waals surface area contributed by atoms with Gasteiger partial charge in [-0.2, -0.15) is 0 Å². The summed E-state index contributed by atoms with van der Waals surface area (Å²) in [5, 5.41) is 2.83. The molecule has 0 saturated heterocycles. The Hall–Kier alpha value is -3.94. The Morgan fingerprint density at radius 2 is 1.40 bits per heavy atom. The first kappa shape index (κ1) is 23.9. The molecule has 0 amide bonds. The minimum Gasteiger partial charge on any atom is -0.135 e. The van der Waals surface area contributed by atoms with Crippen LogP contribution in [0.1, 0.15) is 47.9 Å². The molecule has 0 aliphatic heterocycles. The van der Waals surface area contributed by atoms with Gasteiger partial charge in [0.2, 0.25) is 0 Å². The van der Waals surface area contributed by atoms with E-state index in [0.29, 0.717) is 23.7 Å². The summed E-state index contributed by atoms with van der Waals surface area (Å²) in [6.07, 6.45) is 14.2. The summed E-state index contributed by atoms with van der Waals surface area (Å²) < 4.78 is 2.77. The van der Waals surface area contributed by atoms with E-state index in [1.54, 1.807) is 11.1 Å². The second-order valence-electron chi connectivity index (χ2n) is 11.6. The average Bonchev–Trinajstić information content (AvgIpc) is 3.39. The molecule has 0 radical (unpaired) electrons. The van der Waals surface area contributed by atoms with Gasteiger partial charge in [-0.25, -0.2) is 0 Å². The number of benzene rings is 4. The zero-order valence-electron chi connectivity index (χ0n) is 22.8. The standard InChI is InChI=1S/C39H32S/c1-25-12-5-6-15-28(25)38-31-17-8-7-16-30(31)37(26-13-3-2-4-14-26)34-24-27(22-23-32(34)38)29-19-11-21-36-39(29)33-18-9-10-20-35(33)40-36/h2-21,24-25,28,34,37H,22-23H2,1H3. The highest BCUT2D eigenvalue weighted by atomic mass is 32.1. The number of thiophene rings is 1. The van der Waals surface area contributed by atoms with Gasteiger partial charge in [-0.05, 0) is 64.3 Å². The Balaban J connectivity index is 1.38. The summed E-state index contributed by atoms with van der Waals surface area (Å²) in [6, 6.07) is 36.3. The summed E-state index contributed by atoms with van der Waals surface area (Å²) in [5.74, 6) is 1.58. The maximum absolute atomic E-state index is 2.67. The van der Waals surface area contributed by atoms with Gasteiger partial charge >= 0.3 is 0 Å². The third-order valence-corrected chi connectivity index (χ3v) is 10.5. The van der Waals surface area contributed by atoms with Crippen LogP contribution in [0, 0.1) is 17.8 Å². The Bertz CT molecular complexity index is 1880. The van der Waals surface area contributed by atoms with Crippen molar-refractivity contribution in [2.45, 2.75) is 25.7 Å². The molecule has 1 aromatic heterocycles. The van der Waals surface area contributed by atoms with Crippen molar-refractivity contribution in [3.63, 3.8) is 0 Å². The highest BCUT2D eigenvalue weighted by molar-refractivity contribution is 7.25. The fraction of sp³-hybridized carbons (Fsp3) is 0.179. The Morgan fingerprint density at radius 1 is 0.650 bits per heavy atom. The molecule has 194 valence electrons. The van der Waals surface area contributed by atoms with E-state index in [9.17, 15) is 0 Å². The van der Waals surface area contributed by atoms with Gasteiger partial charge in [-0.3, -0.25) is 0 Å². The van der Waals surface area contributed by atoms with Crippen LogP contribution in [-0.4, -0.2) is 0 Å². The SMILES string of the molecule is CC1C=CC=CC1C1=C2CCC(c3cccc4sc5ccccc5c34)=CC2C(c2ccccc2)c2ccccc21. The van der Waals surface area contributed by atoms with E-state index < -0.39 is 0 Å². The van der Waals surface area contributed by atoms with Crippen molar-refractivity contribution in [2.75, 3.05) is 0 Å². The minimum atomic E-state index is 0.322. The first-order chi connectivity index (χ1) is 19.8. The molecule has 0 saturated carbocycles. The van der Waals surface area contributed by atoms with Crippen molar-refractivity contribution >= 4 is 42.7 Å². The van der Waals surface area contributed by atoms with E-state index >= 15 is 0 Å². The third-order valence-electron chi connectivity index (χ3n) is 9.39. The van der Waals surface area contributed by atoms with Crippen LogP contribution in [-0.2, 0) is 0 Å². The summed E-state index contributed by atoms with van der Waals surface area (Å²) in [7, 11) is 0. The average molecular weight is 533 g/mol. The molecule has 4 unspecified atom stereocenters. The van der Waals surface area contributed by atoms with Gasteiger partial charge < -0.3 is 0 Å². The van der Waals surface area contributed by atoms with Crippen LogP contribution in [0.25, 0.3) is 31.3 Å². The van der Waals surface area contributed by atoms with Crippen molar-refractivity contribution in [3.8, 4) is 0 Å². The van der Waals surface area contributed by atoms with Gasteiger partial charge in [0.15, 0.2) is 0 Å². The van der Waals surface area contributed by atoms with Crippen LogP contribution in [0.15, 0.2) is 133 Å². The predicted octanol–water partition coefficient (Wildman–Crippen LogP) is 10.8. The molecule has 0 nitrogen and oxygen atoms in total. The molecule has 0 N–H and O–H groups in total. The van der Waals surface area contributed by atoms with E-state index in [2.05, 4.69) is 134 Å². The fourth-order valence-electron chi connectivity index (χ4n) is 7.61. The lowest BCUT2D eigenvalue weighted by atomic mass is 9.62. The molecule has 0 bridgehead atoms. The smallest absolute Gasteiger partial charge is 0.0361 e. The number of allylic oxidation sites excluding steroid dienone is 8. The quantitative estimate of drug-likeness (QED) is 0.217. The lowest BCUT2D eigenvalue weighted by Crippen LogP contribution is -2.28. The van der Waals surface area contributed by atoms with E-state index in [-0.39, 0.29) is 0 Å². The van der Waals surface area contributed by atoms with E-state index in [1.807, 2.05) is 11.3 Å². The van der Waals surface area contributed by atoms with E-state index in [4.69, 9.17) is 0 Å². The van der Waals surface area contributed by atoms with Crippen LogP contribution in [0.4, 0.5) is 0 Å². The number of hydrogen-bond acceptors (Lipinski definition) is 1. The topological polar surface area (TPSA) is 0 Å². The highest BCUT2D eigenvalue weighted by Gasteiger charge is 2.39. The van der Waals surface area contributed by atoms with Crippen molar-refractivity contribution in [1.82, 2.24) is 0 Å². The van der Waals surface area contributed by atoms with Crippen LogP contribution in [0.5, 0.6) is 0 Å². The zero-order chi connectivity index (χ0) is 26.6.